The molecule has 2 amide bonds. The number of amides is 2. The lowest BCUT2D eigenvalue weighted by Gasteiger charge is -2.29. The van der Waals surface area contributed by atoms with E-state index in [0.29, 0.717) is 31.5 Å². The van der Waals surface area contributed by atoms with Gasteiger partial charge in [0.05, 0.1) is 0 Å². The molecule has 2 N–H and O–H groups in total. The summed E-state index contributed by atoms with van der Waals surface area (Å²) in [4.78, 5) is 24.4. The Kier molecular flexibility index (Phi) is 7.63. The second-order valence-corrected chi connectivity index (χ2v) is 10.5. The Bertz CT molecular complexity index is 1100. The minimum Gasteiger partial charge on any atom is -0.444 e. The van der Waals surface area contributed by atoms with Gasteiger partial charge >= 0.3 is 16.5 Å². The van der Waals surface area contributed by atoms with E-state index in [1.165, 1.54) is 0 Å². The van der Waals surface area contributed by atoms with E-state index in [9.17, 15) is 21.9 Å². The van der Waals surface area contributed by atoms with E-state index in [4.69, 9.17) is 4.74 Å². The van der Waals surface area contributed by atoms with Crippen molar-refractivity contribution in [3.63, 3.8) is 0 Å². The van der Waals surface area contributed by atoms with Crippen molar-refractivity contribution in [3.05, 3.63) is 36.0 Å². The number of hydrogen-bond donors (Lipinski definition) is 2. The topological polar surface area (TPSA) is 110 Å². The number of ether oxygens (including phenoxy) is 1. The zero-order valence-electron chi connectivity index (χ0n) is 19.1. The van der Waals surface area contributed by atoms with Gasteiger partial charge in [-0.2, -0.15) is 12.7 Å². The Morgan fingerprint density at radius 1 is 1.18 bits per heavy atom. The Morgan fingerprint density at radius 3 is 2.52 bits per heavy atom. The van der Waals surface area contributed by atoms with Gasteiger partial charge in [-0.1, -0.05) is 3.89 Å². The van der Waals surface area contributed by atoms with Crippen molar-refractivity contribution in [1.82, 2.24) is 19.5 Å². The molecule has 1 aromatic heterocycles. The highest BCUT2D eigenvalue weighted by Crippen LogP contribution is 2.20. The number of carbonyl (C=O) groups excluding carboxylic acids is 2. The lowest BCUT2D eigenvalue weighted by atomic mass is 10.1. The van der Waals surface area contributed by atoms with E-state index in [1.807, 2.05) is 39.1 Å². The molecule has 0 aliphatic carbocycles. The average molecular weight is 483 g/mol. The third-order valence-electron chi connectivity index (χ3n) is 5.37. The van der Waals surface area contributed by atoms with E-state index in [-0.39, 0.29) is 25.0 Å². The van der Waals surface area contributed by atoms with Crippen LogP contribution in [0.5, 0.6) is 0 Å². The van der Waals surface area contributed by atoms with Gasteiger partial charge < -0.3 is 19.9 Å². The first-order chi connectivity index (χ1) is 15.4. The second kappa shape index (κ2) is 10.1. The predicted octanol–water partition coefficient (Wildman–Crippen LogP) is 2.96. The number of hydrogen-bond acceptors (Lipinski definition) is 5. The molecule has 0 radical (unpaired) electrons. The van der Waals surface area contributed by atoms with Crippen LogP contribution >= 0.6 is 0 Å². The number of halogens is 1. The molecule has 0 atom stereocenters. The van der Waals surface area contributed by atoms with Crippen LogP contribution in [0.2, 0.25) is 0 Å². The number of aromatic nitrogens is 1. The van der Waals surface area contributed by atoms with Crippen molar-refractivity contribution >= 4 is 33.3 Å². The summed E-state index contributed by atoms with van der Waals surface area (Å²) in [6.45, 7) is 6.72. The maximum absolute atomic E-state index is 13.1. The Morgan fingerprint density at radius 2 is 1.88 bits per heavy atom. The molecule has 0 saturated carbocycles. The van der Waals surface area contributed by atoms with Crippen LogP contribution in [0.15, 0.2) is 30.5 Å². The smallest absolute Gasteiger partial charge is 0.407 e. The first kappa shape index (κ1) is 25.0. The van der Waals surface area contributed by atoms with Gasteiger partial charge in [-0.15, -0.1) is 0 Å². The van der Waals surface area contributed by atoms with E-state index < -0.39 is 22.1 Å². The molecule has 0 unspecified atom stereocenters. The van der Waals surface area contributed by atoms with Gasteiger partial charge in [0.2, 0.25) is 0 Å². The first-order valence-electron chi connectivity index (χ1n) is 11.0. The number of nitrogens with zero attached hydrogens (tertiary/aromatic N) is 2. The van der Waals surface area contributed by atoms with E-state index in [0.717, 1.165) is 21.6 Å². The Hall–Kier alpha value is -2.66. The first-order valence-corrected chi connectivity index (χ1v) is 12.3. The molecular weight excluding hydrogens is 451 g/mol. The van der Waals surface area contributed by atoms with E-state index in [1.54, 1.807) is 12.1 Å². The summed E-state index contributed by atoms with van der Waals surface area (Å²) < 4.78 is 43.1. The van der Waals surface area contributed by atoms with Crippen LogP contribution in [0.1, 0.15) is 50.4 Å². The molecule has 9 nitrogen and oxygen atoms in total. The van der Waals surface area contributed by atoms with Crippen molar-refractivity contribution in [3.8, 4) is 0 Å². The molecule has 1 saturated heterocycles. The summed E-state index contributed by atoms with van der Waals surface area (Å²) in [6, 6.07) is 7.16. The predicted molar refractivity (Wildman–Crippen MR) is 123 cm³/mol. The summed E-state index contributed by atoms with van der Waals surface area (Å²) in [7, 11) is -4.68. The molecule has 2 aromatic rings. The molecule has 33 heavy (non-hydrogen) atoms. The van der Waals surface area contributed by atoms with Crippen LogP contribution in [0.25, 0.3) is 10.9 Å². The summed E-state index contributed by atoms with van der Waals surface area (Å²) in [5, 5.41) is 6.56. The zero-order valence-corrected chi connectivity index (χ0v) is 20.0. The van der Waals surface area contributed by atoms with Crippen LogP contribution in [-0.4, -0.2) is 60.6 Å². The Labute approximate surface area is 193 Å². The highest BCUT2D eigenvalue weighted by molar-refractivity contribution is 7.83. The maximum Gasteiger partial charge on any atom is 0.407 e. The van der Waals surface area contributed by atoms with Crippen molar-refractivity contribution in [2.45, 2.75) is 58.2 Å². The number of benzene rings is 1. The van der Waals surface area contributed by atoms with Crippen molar-refractivity contribution in [1.29, 1.82) is 0 Å². The fourth-order valence-electron chi connectivity index (χ4n) is 3.78. The number of aryl methyl sites for hydroxylation is 1. The number of piperidine rings is 1. The van der Waals surface area contributed by atoms with Crippen molar-refractivity contribution < 1.29 is 26.6 Å². The largest absolute Gasteiger partial charge is 0.444 e. The van der Waals surface area contributed by atoms with Gasteiger partial charge in [-0.3, -0.25) is 4.79 Å². The fraction of sp³-hybridized carbons (Fsp3) is 0.545. The molecule has 3 rings (SSSR count). The molecule has 1 fully saturated rings. The molecule has 182 valence electrons. The molecule has 1 aromatic carbocycles. The molecule has 2 heterocycles. The number of fused-ring (bicyclic) bond motifs is 1. The van der Waals surface area contributed by atoms with Crippen molar-refractivity contribution in [2.75, 3.05) is 19.6 Å². The van der Waals surface area contributed by atoms with Gasteiger partial charge in [0.15, 0.2) is 0 Å². The molecule has 0 bridgehead atoms. The monoisotopic (exact) mass is 482 g/mol. The van der Waals surface area contributed by atoms with Gasteiger partial charge in [-0.05, 0) is 64.3 Å². The van der Waals surface area contributed by atoms with E-state index >= 15 is 0 Å². The number of carbonyl (C=O) groups is 2. The normalized spacial score (nSPS) is 16.0. The van der Waals surface area contributed by atoms with Crippen LogP contribution in [-0.2, 0) is 21.7 Å². The minimum atomic E-state index is -4.68. The molecule has 1 aliphatic heterocycles. The van der Waals surface area contributed by atoms with E-state index in [2.05, 4.69) is 15.2 Å². The van der Waals surface area contributed by atoms with Gasteiger partial charge in [0.25, 0.3) is 5.91 Å². The summed E-state index contributed by atoms with van der Waals surface area (Å²) in [5.41, 5.74) is 0.953. The molecular formula is C22H31FN4O5S. The quantitative estimate of drug-likeness (QED) is 0.466. The number of alkyl carbamates (subject to hydrolysis) is 1. The highest BCUT2D eigenvalue weighted by Gasteiger charge is 2.28. The fourth-order valence-corrected chi connectivity index (χ4v) is 4.42. The number of nitrogens with one attached hydrogen (secondary N) is 2. The zero-order chi connectivity index (χ0) is 24.2. The highest BCUT2D eigenvalue weighted by atomic mass is 32.3. The Balaban J connectivity index is 1.51. The minimum absolute atomic E-state index is 0.0500. The lowest BCUT2D eigenvalue weighted by Crippen LogP contribution is -2.45. The van der Waals surface area contributed by atoms with Crippen LogP contribution in [0.3, 0.4) is 0 Å². The van der Waals surface area contributed by atoms with Gasteiger partial charge in [-0.25, -0.2) is 4.79 Å². The van der Waals surface area contributed by atoms with Gasteiger partial charge in [0.1, 0.15) is 5.60 Å². The molecule has 1 aliphatic rings. The SMILES string of the molecule is CC(C)(C)OC(=O)NCCCn1ccc2cc(C(=O)NC3CCN(S(=O)(=O)F)CC3)ccc21. The average Bonchev–Trinajstić information content (AvgIpc) is 3.12. The van der Waals surface area contributed by atoms with Crippen LogP contribution in [0.4, 0.5) is 8.68 Å². The summed E-state index contributed by atoms with van der Waals surface area (Å²) in [6.07, 6.45) is 2.95. The van der Waals surface area contributed by atoms with Crippen LogP contribution in [0, 0.1) is 0 Å². The third kappa shape index (κ3) is 7.16. The van der Waals surface area contributed by atoms with Crippen LogP contribution < -0.4 is 10.6 Å². The summed E-state index contributed by atoms with van der Waals surface area (Å²) >= 11 is 0. The van der Waals surface area contributed by atoms with Gasteiger partial charge in [0, 0.05) is 54.9 Å². The van der Waals surface area contributed by atoms with Crippen molar-refractivity contribution in [2.24, 2.45) is 0 Å². The lowest BCUT2D eigenvalue weighted by molar-refractivity contribution is 0.0526. The standard InChI is InChI=1S/C22H31FN4O5S/c1-22(2,3)32-21(29)24-10-4-11-26-12-7-16-15-17(5-6-19(16)26)20(28)25-18-8-13-27(14-9-18)33(23,30)31/h5-7,12,15,18H,4,8-11,13-14H2,1-3H3,(H,24,29)(H,25,28). The maximum atomic E-state index is 13.1. The second-order valence-electron chi connectivity index (χ2n) is 9.15. The molecule has 11 heteroatoms. The molecule has 0 spiro atoms. The third-order valence-corrected chi connectivity index (χ3v) is 6.36. The summed E-state index contributed by atoms with van der Waals surface area (Å²) in [5.74, 6) is -0.243. The number of rotatable bonds is 7.